The predicted octanol–water partition coefficient (Wildman–Crippen LogP) is 2.61. The lowest BCUT2D eigenvalue weighted by Crippen LogP contribution is -2.34. The molecule has 0 spiro atoms. The van der Waals surface area contributed by atoms with Crippen LogP contribution in [0.15, 0.2) is 17.6 Å². The summed E-state index contributed by atoms with van der Waals surface area (Å²) in [6.45, 7) is 7.42. The lowest BCUT2D eigenvalue weighted by atomic mass is 10.1. The van der Waals surface area contributed by atoms with Crippen molar-refractivity contribution >= 4 is 17.2 Å². The summed E-state index contributed by atoms with van der Waals surface area (Å²) in [7, 11) is 4.08. The van der Waals surface area contributed by atoms with Gasteiger partial charge in [0, 0.05) is 23.7 Å². The van der Waals surface area contributed by atoms with E-state index in [0.717, 1.165) is 12.2 Å². The van der Waals surface area contributed by atoms with Crippen molar-refractivity contribution in [1.82, 2.24) is 20.0 Å². The summed E-state index contributed by atoms with van der Waals surface area (Å²) in [5.74, 6) is -0.0572. The van der Waals surface area contributed by atoms with E-state index < -0.39 is 0 Å². The molecule has 1 amide bonds. The molecule has 6 heteroatoms. The minimum atomic E-state index is -0.0572. The number of hydrogen-bond donors (Lipinski definition) is 1. The number of nitrogens with zero attached hydrogens (tertiary/aromatic N) is 3. The van der Waals surface area contributed by atoms with Gasteiger partial charge in [-0.25, -0.2) is 0 Å². The van der Waals surface area contributed by atoms with Gasteiger partial charge in [-0.3, -0.25) is 9.48 Å². The van der Waals surface area contributed by atoms with Gasteiger partial charge < -0.3 is 10.2 Å². The lowest BCUT2D eigenvalue weighted by Gasteiger charge is -2.24. The summed E-state index contributed by atoms with van der Waals surface area (Å²) in [5.41, 5.74) is 2.84. The molecular weight excluding hydrogens is 296 g/mol. The zero-order valence-electron chi connectivity index (χ0n) is 13.9. The molecule has 1 N–H and O–H groups in total. The van der Waals surface area contributed by atoms with Gasteiger partial charge in [-0.15, -0.1) is 11.3 Å². The molecule has 0 aliphatic rings. The first-order valence-corrected chi connectivity index (χ1v) is 8.34. The summed E-state index contributed by atoms with van der Waals surface area (Å²) in [6, 6.07) is 2.30. The maximum absolute atomic E-state index is 12.4. The van der Waals surface area contributed by atoms with Gasteiger partial charge in [0.25, 0.3) is 5.91 Å². The van der Waals surface area contributed by atoms with Crippen molar-refractivity contribution in [3.05, 3.63) is 39.3 Å². The lowest BCUT2D eigenvalue weighted by molar-refractivity contribution is 0.0941. The molecule has 2 aromatic rings. The molecule has 22 heavy (non-hydrogen) atoms. The van der Waals surface area contributed by atoms with E-state index in [0.29, 0.717) is 12.1 Å². The van der Waals surface area contributed by atoms with Crippen LogP contribution in [-0.4, -0.2) is 41.2 Å². The van der Waals surface area contributed by atoms with E-state index in [9.17, 15) is 4.79 Å². The maximum Gasteiger partial charge on any atom is 0.254 e. The molecule has 0 fully saturated rings. The Kier molecular flexibility index (Phi) is 5.37. The first-order valence-electron chi connectivity index (χ1n) is 7.46. The van der Waals surface area contributed by atoms with E-state index in [2.05, 4.69) is 33.7 Å². The minimum Gasteiger partial charge on any atom is -0.350 e. The van der Waals surface area contributed by atoms with Crippen LogP contribution in [0.3, 0.4) is 0 Å². The number of thiophene rings is 1. The molecule has 0 unspecified atom stereocenters. The second-order valence-corrected chi connectivity index (χ2v) is 6.56. The van der Waals surface area contributed by atoms with Crippen LogP contribution in [0.4, 0.5) is 0 Å². The van der Waals surface area contributed by atoms with Gasteiger partial charge in [-0.2, -0.15) is 5.10 Å². The minimum absolute atomic E-state index is 0.0572. The molecule has 1 atom stereocenters. The number of aromatic nitrogens is 2. The van der Waals surface area contributed by atoms with Crippen molar-refractivity contribution in [3.63, 3.8) is 0 Å². The van der Waals surface area contributed by atoms with Crippen LogP contribution in [0.25, 0.3) is 0 Å². The van der Waals surface area contributed by atoms with Crippen LogP contribution in [0.2, 0.25) is 0 Å². The number of aryl methyl sites for hydroxylation is 2. The van der Waals surface area contributed by atoms with Gasteiger partial charge in [-0.1, -0.05) is 0 Å². The fourth-order valence-corrected chi connectivity index (χ4v) is 3.63. The number of nitrogens with one attached hydrogen (secondary N) is 1. The standard InChI is InChI=1S/C16H24N4OS/c1-6-20-12(3)13(9-18-20)16(21)17-10-14(19(4)5)15-11(2)7-8-22-15/h7-9,14H,6,10H2,1-5H3,(H,17,21)/t14-/m0/s1. The Bertz CT molecular complexity index is 644. The average Bonchev–Trinajstić information content (AvgIpc) is 3.05. The largest absolute Gasteiger partial charge is 0.350 e. The fraction of sp³-hybridized carbons (Fsp3) is 0.500. The van der Waals surface area contributed by atoms with E-state index in [-0.39, 0.29) is 11.9 Å². The molecule has 0 aromatic carbocycles. The van der Waals surface area contributed by atoms with E-state index in [1.807, 2.05) is 32.6 Å². The Morgan fingerprint density at radius 3 is 2.68 bits per heavy atom. The monoisotopic (exact) mass is 320 g/mol. The van der Waals surface area contributed by atoms with Crippen molar-refractivity contribution in [1.29, 1.82) is 0 Å². The van der Waals surface area contributed by atoms with Crippen LogP contribution in [0.1, 0.15) is 39.5 Å². The number of amides is 1. The fourth-order valence-electron chi connectivity index (χ4n) is 2.51. The molecule has 0 saturated heterocycles. The Morgan fingerprint density at radius 2 is 2.18 bits per heavy atom. The summed E-state index contributed by atoms with van der Waals surface area (Å²) in [5, 5.41) is 9.37. The highest BCUT2D eigenvalue weighted by molar-refractivity contribution is 7.10. The Balaban J connectivity index is 2.08. The molecule has 2 aromatic heterocycles. The number of carbonyl (C=O) groups is 1. The molecule has 0 bridgehead atoms. The Hall–Kier alpha value is -1.66. The molecule has 120 valence electrons. The van der Waals surface area contributed by atoms with Crippen LogP contribution in [-0.2, 0) is 6.54 Å². The van der Waals surface area contributed by atoms with Crippen LogP contribution >= 0.6 is 11.3 Å². The van der Waals surface area contributed by atoms with Gasteiger partial charge in [-0.05, 0) is 51.9 Å². The normalized spacial score (nSPS) is 12.6. The number of rotatable bonds is 6. The molecule has 0 aliphatic carbocycles. The van der Waals surface area contributed by atoms with Crippen LogP contribution < -0.4 is 5.32 Å². The molecular formula is C16H24N4OS. The highest BCUT2D eigenvalue weighted by atomic mass is 32.1. The average molecular weight is 320 g/mol. The van der Waals surface area contributed by atoms with Gasteiger partial charge >= 0.3 is 0 Å². The predicted molar refractivity (Wildman–Crippen MR) is 90.5 cm³/mol. The number of hydrogen-bond acceptors (Lipinski definition) is 4. The SMILES string of the molecule is CCn1ncc(C(=O)NC[C@@H](c2sccc2C)N(C)C)c1C. The highest BCUT2D eigenvalue weighted by Crippen LogP contribution is 2.26. The van der Waals surface area contributed by atoms with E-state index >= 15 is 0 Å². The van der Waals surface area contributed by atoms with Crippen molar-refractivity contribution in [2.45, 2.75) is 33.4 Å². The molecule has 0 saturated carbocycles. The van der Waals surface area contributed by atoms with E-state index in [1.165, 1.54) is 10.4 Å². The van der Waals surface area contributed by atoms with Crippen LogP contribution in [0, 0.1) is 13.8 Å². The third kappa shape index (κ3) is 3.39. The molecule has 2 rings (SSSR count). The Labute approximate surface area is 135 Å². The van der Waals surface area contributed by atoms with Crippen molar-refractivity contribution < 1.29 is 4.79 Å². The molecule has 0 aliphatic heterocycles. The summed E-state index contributed by atoms with van der Waals surface area (Å²) >= 11 is 1.73. The maximum atomic E-state index is 12.4. The zero-order chi connectivity index (χ0) is 16.3. The first-order chi connectivity index (χ1) is 10.5. The molecule has 0 radical (unpaired) electrons. The van der Waals surface area contributed by atoms with Crippen LogP contribution in [0.5, 0.6) is 0 Å². The second kappa shape index (κ2) is 7.07. The Morgan fingerprint density at radius 1 is 1.45 bits per heavy atom. The summed E-state index contributed by atoms with van der Waals surface area (Å²) in [6.07, 6.45) is 1.65. The number of likely N-dealkylation sites (N-methyl/N-ethyl adjacent to an activating group) is 1. The third-order valence-electron chi connectivity index (χ3n) is 3.93. The number of carbonyl (C=O) groups excluding carboxylic acids is 1. The summed E-state index contributed by atoms with van der Waals surface area (Å²) in [4.78, 5) is 15.8. The topological polar surface area (TPSA) is 50.2 Å². The zero-order valence-corrected chi connectivity index (χ0v) is 14.7. The van der Waals surface area contributed by atoms with E-state index in [1.54, 1.807) is 17.5 Å². The molecule has 2 heterocycles. The van der Waals surface area contributed by atoms with Gasteiger partial charge in [0.2, 0.25) is 0 Å². The second-order valence-electron chi connectivity index (χ2n) is 5.62. The van der Waals surface area contributed by atoms with Gasteiger partial charge in [0.05, 0.1) is 17.8 Å². The molecule has 5 nitrogen and oxygen atoms in total. The third-order valence-corrected chi connectivity index (χ3v) is 5.05. The first kappa shape index (κ1) is 16.7. The highest BCUT2D eigenvalue weighted by Gasteiger charge is 2.20. The van der Waals surface area contributed by atoms with Crippen molar-refractivity contribution in [2.24, 2.45) is 0 Å². The van der Waals surface area contributed by atoms with Crippen molar-refractivity contribution in [3.8, 4) is 0 Å². The van der Waals surface area contributed by atoms with Gasteiger partial charge in [0.15, 0.2) is 0 Å². The van der Waals surface area contributed by atoms with Crippen molar-refractivity contribution in [2.75, 3.05) is 20.6 Å². The van der Waals surface area contributed by atoms with E-state index in [4.69, 9.17) is 0 Å². The summed E-state index contributed by atoms with van der Waals surface area (Å²) < 4.78 is 1.84. The smallest absolute Gasteiger partial charge is 0.254 e. The quantitative estimate of drug-likeness (QED) is 0.890. The van der Waals surface area contributed by atoms with Gasteiger partial charge in [0.1, 0.15) is 0 Å².